The summed E-state index contributed by atoms with van der Waals surface area (Å²) in [5.41, 5.74) is 1.79. The lowest BCUT2D eigenvalue weighted by Gasteiger charge is -2.28. The number of amides is 2. The lowest BCUT2D eigenvalue weighted by Crippen LogP contribution is -2.45. The van der Waals surface area contributed by atoms with E-state index >= 15 is 0 Å². The summed E-state index contributed by atoms with van der Waals surface area (Å²) < 4.78 is 0. The molecule has 4 heteroatoms. The third-order valence-electron chi connectivity index (χ3n) is 3.78. The summed E-state index contributed by atoms with van der Waals surface area (Å²) in [5.74, 6) is -0.135. The maximum Gasteiger partial charge on any atom is 0.246 e. The molecule has 1 heterocycles. The Morgan fingerprint density at radius 3 is 2.84 bits per heavy atom. The monoisotopic (exact) mass is 260 g/mol. The Kier molecular flexibility index (Phi) is 3.88. The van der Waals surface area contributed by atoms with E-state index in [4.69, 9.17) is 0 Å². The van der Waals surface area contributed by atoms with Gasteiger partial charge in [0.15, 0.2) is 0 Å². The van der Waals surface area contributed by atoms with Crippen LogP contribution >= 0.6 is 0 Å². The van der Waals surface area contributed by atoms with Crippen LogP contribution in [0, 0.1) is 5.92 Å². The summed E-state index contributed by atoms with van der Waals surface area (Å²) in [4.78, 5) is 26.2. The first-order valence-electron chi connectivity index (χ1n) is 6.73. The van der Waals surface area contributed by atoms with E-state index in [1.54, 1.807) is 11.8 Å². The molecule has 0 aliphatic carbocycles. The quantitative estimate of drug-likeness (QED) is 0.887. The molecule has 19 heavy (non-hydrogen) atoms. The van der Waals surface area contributed by atoms with Crippen molar-refractivity contribution in [2.24, 2.45) is 5.92 Å². The predicted octanol–water partition coefficient (Wildman–Crippen LogP) is 2.40. The molecular weight excluding hydrogens is 240 g/mol. The fraction of sp³-hybridized carbons (Fsp3) is 0.467. The van der Waals surface area contributed by atoms with Crippen LogP contribution in [0.5, 0.6) is 0 Å². The van der Waals surface area contributed by atoms with Gasteiger partial charge in [-0.3, -0.25) is 9.59 Å². The van der Waals surface area contributed by atoms with E-state index in [1.165, 1.54) is 0 Å². The van der Waals surface area contributed by atoms with Crippen LogP contribution in [0.3, 0.4) is 0 Å². The zero-order valence-corrected chi connectivity index (χ0v) is 11.6. The van der Waals surface area contributed by atoms with E-state index in [1.807, 2.05) is 38.1 Å². The molecule has 2 unspecified atom stereocenters. The molecule has 1 aliphatic rings. The molecule has 0 aromatic heterocycles. The SMILES string of the molecule is CCC(C)C(=O)N1Cc2ccccc2NC(=O)C1C. The minimum absolute atomic E-state index is 0.0434. The molecule has 2 atom stereocenters. The van der Waals surface area contributed by atoms with E-state index in [0.717, 1.165) is 17.7 Å². The Morgan fingerprint density at radius 1 is 1.47 bits per heavy atom. The second-order valence-corrected chi connectivity index (χ2v) is 5.10. The highest BCUT2D eigenvalue weighted by Gasteiger charge is 2.31. The number of hydrogen-bond donors (Lipinski definition) is 1. The Hall–Kier alpha value is -1.84. The number of rotatable bonds is 2. The topological polar surface area (TPSA) is 49.4 Å². The van der Waals surface area contributed by atoms with Crippen molar-refractivity contribution in [3.8, 4) is 0 Å². The van der Waals surface area contributed by atoms with E-state index in [2.05, 4.69) is 5.32 Å². The average Bonchev–Trinajstić information content (AvgIpc) is 2.55. The zero-order valence-electron chi connectivity index (χ0n) is 11.6. The van der Waals surface area contributed by atoms with Crippen LogP contribution in [-0.2, 0) is 16.1 Å². The molecule has 1 aliphatic heterocycles. The summed E-state index contributed by atoms with van der Waals surface area (Å²) in [6.07, 6.45) is 0.783. The molecule has 0 radical (unpaired) electrons. The Morgan fingerprint density at radius 2 is 2.16 bits per heavy atom. The lowest BCUT2D eigenvalue weighted by molar-refractivity contribution is -0.141. The van der Waals surface area contributed by atoms with Gasteiger partial charge in [-0.05, 0) is 25.0 Å². The van der Waals surface area contributed by atoms with E-state index in [0.29, 0.717) is 6.54 Å². The highest BCUT2D eigenvalue weighted by molar-refractivity contribution is 5.98. The number of hydrogen-bond acceptors (Lipinski definition) is 2. The number of carbonyl (C=O) groups excluding carboxylic acids is 2. The molecular formula is C15H20N2O2. The Bertz CT molecular complexity index is 499. The number of nitrogens with zero attached hydrogens (tertiary/aromatic N) is 1. The molecule has 1 aromatic carbocycles. The van der Waals surface area contributed by atoms with Gasteiger partial charge in [-0.25, -0.2) is 0 Å². The smallest absolute Gasteiger partial charge is 0.246 e. The average molecular weight is 260 g/mol. The van der Waals surface area contributed by atoms with Crippen molar-refractivity contribution < 1.29 is 9.59 Å². The van der Waals surface area contributed by atoms with Gasteiger partial charge in [0.05, 0.1) is 0 Å². The summed E-state index contributed by atoms with van der Waals surface area (Å²) >= 11 is 0. The minimum Gasteiger partial charge on any atom is -0.326 e. The van der Waals surface area contributed by atoms with Crippen molar-refractivity contribution in [3.05, 3.63) is 29.8 Å². The third kappa shape index (κ3) is 2.62. The van der Waals surface area contributed by atoms with E-state index < -0.39 is 6.04 Å². The number of anilines is 1. The van der Waals surface area contributed by atoms with Gasteiger partial charge < -0.3 is 10.2 Å². The number of fused-ring (bicyclic) bond motifs is 1. The van der Waals surface area contributed by atoms with Gasteiger partial charge in [0.1, 0.15) is 6.04 Å². The molecule has 1 N–H and O–H groups in total. The van der Waals surface area contributed by atoms with Gasteiger partial charge >= 0.3 is 0 Å². The molecule has 0 bridgehead atoms. The summed E-state index contributed by atoms with van der Waals surface area (Å²) in [6.45, 7) is 6.16. The fourth-order valence-electron chi connectivity index (χ4n) is 2.21. The number of para-hydroxylation sites is 1. The molecule has 2 rings (SSSR count). The second kappa shape index (κ2) is 5.43. The Labute approximate surface area is 113 Å². The standard InChI is InChI=1S/C15H20N2O2/c1-4-10(2)15(19)17-9-12-7-5-6-8-13(12)16-14(18)11(17)3/h5-8,10-11H,4,9H2,1-3H3,(H,16,18). The maximum atomic E-state index is 12.4. The molecule has 0 saturated carbocycles. The summed E-state index contributed by atoms with van der Waals surface area (Å²) in [5, 5.41) is 2.88. The van der Waals surface area contributed by atoms with Gasteiger partial charge in [-0.15, -0.1) is 0 Å². The van der Waals surface area contributed by atoms with Crippen LogP contribution < -0.4 is 5.32 Å². The van der Waals surface area contributed by atoms with Crippen LogP contribution in [0.15, 0.2) is 24.3 Å². The van der Waals surface area contributed by atoms with Crippen LogP contribution in [0.4, 0.5) is 5.69 Å². The van der Waals surface area contributed by atoms with Crippen molar-refractivity contribution in [2.75, 3.05) is 5.32 Å². The van der Waals surface area contributed by atoms with Gasteiger partial charge in [0.2, 0.25) is 11.8 Å². The summed E-state index contributed by atoms with van der Waals surface area (Å²) in [7, 11) is 0. The number of nitrogens with one attached hydrogen (secondary N) is 1. The van der Waals surface area contributed by atoms with Crippen molar-refractivity contribution in [1.29, 1.82) is 0 Å². The molecule has 0 fully saturated rings. The molecule has 0 spiro atoms. The van der Waals surface area contributed by atoms with Crippen LogP contribution in [0.25, 0.3) is 0 Å². The molecule has 1 aromatic rings. The third-order valence-corrected chi connectivity index (χ3v) is 3.78. The molecule has 0 saturated heterocycles. The van der Waals surface area contributed by atoms with Gasteiger partial charge in [-0.2, -0.15) is 0 Å². The first kappa shape index (κ1) is 13.6. The highest BCUT2D eigenvalue weighted by atomic mass is 16.2. The fourth-order valence-corrected chi connectivity index (χ4v) is 2.21. The highest BCUT2D eigenvalue weighted by Crippen LogP contribution is 2.24. The zero-order chi connectivity index (χ0) is 14.0. The first-order chi connectivity index (χ1) is 9.04. The predicted molar refractivity (Wildman–Crippen MR) is 74.5 cm³/mol. The van der Waals surface area contributed by atoms with Crippen LogP contribution in [0.2, 0.25) is 0 Å². The van der Waals surface area contributed by atoms with Gasteiger partial charge in [0, 0.05) is 18.2 Å². The molecule has 102 valence electrons. The largest absolute Gasteiger partial charge is 0.326 e. The van der Waals surface area contributed by atoms with Crippen molar-refractivity contribution in [3.63, 3.8) is 0 Å². The normalized spacial score (nSPS) is 20.3. The van der Waals surface area contributed by atoms with Gasteiger partial charge in [0.25, 0.3) is 0 Å². The molecule has 2 amide bonds. The first-order valence-corrected chi connectivity index (χ1v) is 6.73. The number of carbonyl (C=O) groups is 2. The Balaban J connectivity index is 2.34. The lowest BCUT2D eigenvalue weighted by atomic mass is 10.1. The minimum atomic E-state index is -0.436. The maximum absolute atomic E-state index is 12.4. The second-order valence-electron chi connectivity index (χ2n) is 5.10. The van der Waals surface area contributed by atoms with Crippen LogP contribution in [-0.4, -0.2) is 22.8 Å². The van der Waals surface area contributed by atoms with Gasteiger partial charge in [-0.1, -0.05) is 32.0 Å². The van der Waals surface area contributed by atoms with Crippen molar-refractivity contribution >= 4 is 17.5 Å². The number of benzene rings is 1. The summed E-state index contributed by atoms with van der Waals surface area (Å²) in [6, 6.07) is 7.19. The van der Waals surface area contributed by atoms with Crippen molar-refractivity contribution in [2.45, 2.75) is 39.8 Å². The van der Waals surface area contributed by atoms with E-state index in [9.17, 15) is 9.59 Å². The van der Waals surface area contributed by atoms with Crippen LogP contribution in [0.1, 0.15) is 32.8 Å². The molecule has 4 nitrogen and oxygen atoms in total. The van der Waals surface area contributed by atoms with Crippen molar-refractivity contribution in [1.82, 2.24) is 4.90 Å². The van der Waals surface area contributed by atoms with E-state index in [-0.39, 0.29) is 17.7 Å².